The Morgan fingerprint density at radius 2 is 1.75 bits per heavy atom. The summed E-state index contributed by atoms with van der Waals surface area (Å²) >= 11 is 0. The molecule has 0 bridgehead atoms. The maximum atomic E-state index is 13.2. The largest absolute Gasteiger partial charge is 0.484 e. The number of hydrogen-bond acceptors (Lipinski definition) is 4. The summed E-state index contributed by atoms with van der Waals surface area (Å²) in [5, 5.41) is 2.59. The Morgan fingerprint density at radius 1 is 1.06 bits per heavy atom. The van der Waals surface area contributed by atoms with E-state index in [1.54, 1.807) is 24.3 Å². The number of rotatable bonds is 7. The lowest BCUT2D eigenvalue weighted by Gasteiger charge is -2.31. The van der Waals surface area contributed by atoms with Gasteiger partial charge in [-0.15, -0.1) is 0 Å². The summed E-state index contributed by atoms with van der Waals surface area (Å²) in [6.45, 7) is 1.22. The minimum absolute atomic E-state index is 0.131. The van der Waals surface area contributed by atoms with Crippen LogP contribution in [0.25, 0.3) is 6.08 Å². The Balaban J connectivity index is 1.73. The van der Waals surface area contributed by atoms with Gasteiger partial charge in [-0.2, -0.15) is 13.2 Å². The molecule has 3 N–H and O–H groups in total. The highest BCUT2D eigenvalue weighted by molar-refractivity contribution is 6.04. The van der Waals surface area contributed by atoms with Gasteiger partial charge >= 0.3 is 6.18 Å². The molecule has 3 rings (SSSR count). The van der Waals surface area contributed by atoms with Crippen LogP contribution in [-0.2, 0) is 15.8 Å². The summed E-state index contributed by atoms with van der Waals surface area (Å²) in [7, 11) is 0. The van der Waals surface area contributed by atoms with Gasteiger partial charge in [-0.05, 0) is 61.2 Å². The second-order valence-electron chi connectivity index (χ2n) is 7.42. The molecular weight excluding hydrogens is 423 g/mol. The first-order valence-electron chi connectivity index (χ1n) is 10.2. The lowest BCUT2D eigenvalue weighted by molar-refractivity contribution is -0.137. The highest BCUT2D eigenvalue weighted by Crippen LogP contribution is 2.36. The van der Waals surface area contributed by atoms with Crippen molar-refractivity contribution >= 4 is 29.3 Å². The van der Waals surface area contributed by atoms with Crippen molar-refractivity contribution in [2.24, 2.45) is 5.73 Å². The molecule has 0 spiro atoms. The first-order chi connectivity index (χ1) is 15.2. The lowest BCUT2D eigenvalue weighted by atomic mass is 10.1. The molecule has 2 aromatic carbocycles. The predicted molar refractivity (Wildman–Crippen MR) is 116 cm³/mol. The van der Waals surface area contributed by atoms with Crippen LogP contribution in [-0.4, -0.2) is 31.5 Å². The van der Waals surface area contributed by atoms with Crippen molar-refractivity contribution in [2.75, 3.05) is 29.9 Å². The van der Waals surface area contributed by atoms with Gasteiger partial charge in [-0.3, -0.25) is 9.59 Å². The van der Waals surface area contributed by atoms with Crippen LogP contribution in [0.5, 0.6) is 5.75 Å². The molecule has 0 aromatic heterocycles. The van der Waals surface area contributed by atoms with Crippen molar-refractivity contribution in [1.82, 2.24) is 0 Å². The van der Waals surface area contributed by atoms with Crippen LogP contribution in [0.3, 0.4) is 0 Å². The summed E-state index contributed by atoms with van der Waals surface area (Å²) in [5.74, 6) is -0.693. The lowest BCUT2D eigenvalue weighted by Crippen LogP contribution is -2.30. The standard InChI is InChI=1S/C23H24F3N3O3/c24-23(25,26)17-7-10-20(29-12-2-1-3-13-29)19(14-17)28-22(31)11-6-16-4-8-18(9-5-16)32-15-21(27)30/h4-11,14H,1-3,12-13,15H2,(H2,27,30)(H,28,31). The number of nitrogens with one attached hydrogen (secondary N) is 1. The summed E-state index contributed by atoms with van der Waals surface area (Å²) < 4.78 is 44.8. The second-order valence-corrected chi connectivity index (χ2v) is 7.42. The van der Waals surface area contributed by atoms with E-state index in [-0.39, 0.29) is 12.3 Å². The molecule has 0 saturated carbocycles. The molecule has 1 aliphatic heterocycles. The number of nitrogens with two attached hydrogens (primary N) is 1. The summed E-state index contributed by atoms with van der Waals surface area (Å²) in [6, 6.07) is 9.99. The average Bonchev–Trinajstić information content (AvgIpc) is 2.77. The molecule has 1 saturated heterocycles. The molecule has 9 heteroatoms. The maximum Gasteiger partial charge on any atom is 0.416 e. The SMILES string of the molecule is NC(=O)COc1ccc(C=CC(=O)Nc2cc(C(F)(F)F)ccc2N2CCCCC2)cc1. The zero-order valence-electron chi connectivity index (χ0n) is 17.3. The van der Waals surface area contributed by atoms with Crippen molar-refractivity contribution in [3.63, 3.8) is 0 Å². The number of piperidine rings is 1. The van der Waals surface area contributed by atoms with E-state index in [9.17, 15) is 22.8 Å². The molecular formula is C23H24F3N3O3. The minimum atomic E-state index is -4.51. The number of alkyl halides is 3. The van der Waals surface area contributed by atoms with E-state index in [2.05, 4.69) is 5.32 Å². The van der Waals surface area contributed by atoms with E-state index in [4.69, 9.17) is 10.5 Å². The highest BCUT2D eigenvalue weighted by atomic mass is 19.4. The van der Waals surface area contributed by atoms with Gasteiger partial charge in [0.25, 0.3) is 5.91 Å². The van der Waals surface area contributed by atoms with E-state index >= 15 is 0 Å². The van der Waals surface area contributed by atoms with E-state index in [1.165, 1.54) is 18.2 Å². The summed E-state index contributed by atoms with van der Waals surface area (Å²) in [4.78, 5) is 25.2. The van der Waals surface area contributed by atoms with Gasteiger partial charge in [0, 0.05) is 19.2 Å². The zero-order valence-corrected chi connectivity index (χ0v) is 17.3. The summed E-state index contributed by atoms with van der Waals surface area (Å²) in [6.07, 6.45) is 1.25. The van der Waals surface area contributed by atoms with E-state index in [0.29, 0.717) is 17.0 Å². The molecule has 0 radical (unpaired) electrons. The molecule has 1 aliphatic rings. The fraction of sp³-hybridized carbons (Fsp3) is 0.304. The van der Waals surface area contributed by atoms with Crippen LogP contribution >= 0.6 is 0 Å². The second kappa shape index (κ2) is 10.2. The number of primary amides is 1. The van der Waals surface area contributed by atoms with Crippen LogP contribution in [0.15, 0.2) is 48.5 Å². The molecule has 0 atom stereocenters. The van der Waals surface area contributed by atoms with Gasteiger partial charge in [0.1, 0.15) is 5.75 Å². The number of carbonyl (C=O) groups is 2. The molecule has 2 amide bonds. The Labute approximate surface area is 183 Å². The summed E-state index contributed by atoms with van der Waals surface area (Å²) in [5.41, 5.74) is 5.59. The number of halogens is 3. The van der Waals surface area contributed by atoms with Gasteiger partial charge < -0.3 is 20.7 Å². The van der Waals surface area contributed by atoms with Crippen molar-refractivity contribution < 1.29 is 27.5 Å². The van der Waals surface area contributed by atoms with E-state index < -0.39 is 23.6 Å². The number of hydrogen-bond donors (Lipinski definition) is 2. The third kappa shape index (κ3) is 6.50. The molecule has 170 valence electrons. The molecule has 32 heavy (non-hydrogen) atoms. The van der Waals surface area contributed by atoms with Crippen molar-refractivity contribution in [1.29, 1.82) is 0 Å². The van der Waals surface area contributed by atoms with Crippen molar-refractivity contribution in [3.8, 4) is 5.75 Å². The van der Waals surface area contributed by atoms with Crippen molar-refractivity contribution in [3.05, 3.63) is 59.7 Å². The van der Waals surface area contributed by atoms with Crippen LogP contribution in [0.4, 0.5) is 24.5 Å². The molecule has 0 unspecified atom stereocenters. The van der Waals surface area contributed by atoms with Gasteiger partial charge in [0.05, 0.1) is 16.9 Å². The Hall–Kier alpha value is -3.49. The van der Waals surface area contributed by atoms with E-state index in [1.807, 2.05) is 4.90 Å². The quantitative estimate of drug-likeness (QED) is 0.623. The average molecular weight is 447 g/mol. The van der Waals surface area contributed by atoms with Gasteiger partial charge in [0.15, 0.2) is 6.61 Å². The Morgan fingerprint density at radius 3 is 2.38 bits per heavy atom. The molecule has 6 nitrogen and oxygen atoms in total. The number of nitrogens with zero attached hydrogens (tertiary/aromatic N) is 1. The Kier molecular flexibility index (Phi) is 7.40. The van der Waals surface area contributed by atoms with Crippen LogP contribution < -0.4 is 20.7 Å². The highest BCUT2D eigenvalue weighted by Gasteiger charge is 2.31. The smallest absolute Gasteiger partial charge is 0.416 e. The maximum absolute atomic E-state index is 13.2. The number of ether oxygens (including phenoxy) is 1. The third-order valence-electron chi connectivity index (χ3n) is 4.97. The number of carbonyl (C=O) groups excluding carboxylic acids is 2. The van der Waals surface area contributed by atoms with E-state index in [0.717, 1.165) is 44.5 Å². The number of anilines is 2. The topological polar surface area (TPSA) is 84.7 Å². The number of benzene rings is 2. The van der Waals surface area contributed by atoms with Gasteiger partial charge in [0.2, 0.25) is 5.91 Å². The van der Waals surface area contributed by atoms with Gasteiger partial charge in [-0.1, -0.05) is 12.1 Å². The first-order valence-corrected chi connectivity index (χ1v) is 10.2. The molecule has 0 aliphatic carbocycles. The van der Waals surface area contributed by atoms with Crippen LogP contribution in [0, 0.1) is 0 Å². The first kappa shape index (κ1) is 23.2. The van der Waals surface area contributed by atoms with Crippen molar-refractivity contribution in [2.45, 2.75) is 25.4 Å². The fourth-order valence-corrected chi connectivity index (χ4v) is 3.40. The molecule has 1 fully saturated rings. The number of amides is 2. The molecule has 1 heterocycles. The normalized spacial score (nSPS) is 14.4. The monoisotopic (exact) mass is 447 g/mol. The zero-order chi connectivity index (χ0) is 23.1. The fourth-order valence-electron chi connectivity index (χ4n) is 3.40. The Bertz CT molecular complexity index is 982. The predicted octanol–water partition coefficient (Wildman–Crippen LogP) is 4.21. The van der Waals surface area contributed by atoms with Crippen LogP contribution in [0.1, 0.15) is 30.4 Å². The molecule has 2 aromatic rings. The van der Waals surface area contributed by atoms with Crippen LogP contribution in [0.2, 0.25) is 0 Å². The third-order valence-corrected chi connectivity index (χ3v) is 4.97. The minimum Gasteiger partial charge on any atom is -0.484 e. The van der Waals surface area contributed by atoms with Gasteiger partial charge in [-0.25, -0.2) is 0 Å².